The van der Waals surface area contributed by atoms with E-state index in [0.29, 0.717) is 0 Å². The van der Waals surface area contributed by atoms with Gasteiger partial charge in [-0.25, -0.2) is 9.98 Å². The molecular weight excluding hydrogens is 516 g/mol. The predicted molar refractivity (Wildman–Crippen MR) is 172 cm³/mol. The average molecular weight is 545 g/mol. The molecule has 2 heterocycles. The van der Waals surface area contributed by atoms with E-state index in [2.05, 4.69) is 126 Å². The molecular formula is C37H28N4O. The maximum atomic E-state index is 6.55. The van der Waals surface area contributed by atoms with Crippen LogP contribution in [-0.4, -0.2) is 18.7 Å². The highest BCUT2D eigenvalue weighted by Crippen LogP contribution is 2.46. The van der Waals surface area contributed by atoms with Crippen LogP contribution in [0.25, 0.3) is 21.5 Å². The lowest BCUT2D eigenvalue weighted by Crippen LogP contribution is -2.36. The smallest absolute Gasteiger partial charge is 0.198 e. The number of aliphatic imine (C=N–C) groups is 2. The number of hydrogen-bond acceptors (Lipinski definition) is 5. The summed E-state index contributed by atoms with van der Waals surface area (Å²) in [5.74, 6) is 2.52. The van der Waals surface area contributed by atoms with Crippen molar-refractivity contribution in [1.82, 2.24) is 5.32 Å². The highest BCUT2D eigenvalue weighted by Gasteiger charge is 2.31. The Bertz CT molecular complexity index is 2020. The molecule has 6 aromatic rings. The Kier molecular flexibility index (Phi) is 5.74. The molecule has 6 aromatic carbocycles. The summed E-state index contributed by atoms with van der Waals surface area (Å²) in [6.07, 6.45) is -0.494. The first kappa shape index (κ1) is 24.4. The standard InChI is InChI=1S/C37H28N4O/c1-41-32-21-19-28-23-30(18-20-31(28)33(32)42-37(41)26-13-6-3-7-14-26)36-39-34(25-11-4-2-5-12-25)38-35(40-36)29-17-16-24-10-8-9-15-27(24)22-29/h2-23,34,37H,1H3,(H,38,39,40). The molecule has 0 saturated heterocycles. The number of ether oxygens (including phenoxy) is 1. The zero-order valence-electron chi connectivity index (χ0n) is 23.1. The monoisotopic (exact) mass is 544 g/mol. The van der Waals surface area contributed by atoms with Crippen molar-refractivity contribution in [3.8, 4) is 5.75 Å². The molecule has 202 valence electrons. The van der Waals surface area contributed by atoms with Gasteiger partial charge in [-0.1, -0.05) is 109 Å². The van der Waals surface area contributed by atoms with Gasteiger partial charge >= 0.3 is 0 Å². The Morgan fingerprint density at radius 1 is 0.595 bits per heavy atom. The predicted octanol–water partition coefficient (Wildman–Crippen LogP) is 8.02. The first-order valence-electron chi connectivity index (χ1n) is 14.2. The Morgan fingerprint density at radius 3 is 1.93 bits per heavy atom. The summed E-state index contributed by atoms with van der Waals surface area (Å²) in [6, 6.07) is 46.2. The van der Waals surface area contributed by atoms with Crippen LogP contribution in [0.4, 0.5) is 5.69 Å². The molecule has 0 aromatic heterocycles. The fraction of sp³-hybridized carbons (Fsp3) is 0.0811. The molecule has 0 aliphatic carbocycles. The van der Waals surface area contributed by atoms with E-state index in [1.807, 2.05) is 24.3 Å². The van der Waals surface area contributed by atoms with E-state index in [9.17, 15) is 0 Å². The molecule has 0 amide bonds. The second kappa shape index (κ2) is 9.89. The molecule has 0 saturated carbocycles. The van der Waals surface area contributed by atoms with Crippen molar-refractivity contribution in [3.05, 3.63) is 156 Å². The molecule has 2 atom stereocenters. The first-order chi connectivity index (χ1) is 20.7. The number of amidine groups is 2. The lowest BCUT2D eigenvalue weighted by molar-refractivity contribution is 0.237. The van der Waals surface area contributed by atoms with Crippen LogP contribution in [0.2, 0.25) is 0 Å². The van der Waals surface area contributed by atoms with Crippen LogP contribution in [-0.2, 0) is 0 Å². The molecule has 42 heavy (non-hydrogen) atoms. The fourth-order valence-electron chi connectivity index (χ4n) is 5.92. The second-order valence-electron chi connectivity index (χ2n) is 10.8. The van der Waals surface area contributed by atoms with Crippen LogP contribution in [0.5, 0.6) is 5.75 Å². The SMILES string of the molecule is CN1c2ccc3cc(C4=NC(c5ccccc5)N=C(c5ccc6ccccc6c5)N4)ccc3c2OC1c1ccccc1. The quantitative estimate of drug-likeness (QED) is 0.245. The number of hydrogen-bond donors (Lipinski definition) is 1. The van der Waals surface area contributed by atoms with E-state index in [1.54, 1.807) is 0 Å². The topological polar surface area (TPSA) is 49.2 Å². The molecule has 5 nitrogen and oxygen atoms in total. The summed E-state index contributed by atoms with van der Waals surface area (Å²) in [7, 11) is 2.09. The van der Waals surface area contributed by atoms with Crippen molar-refractivity contribution < 1.29 is 4.74 Å². The average Bonchev–Trinajstić information content (AvgIpc) is 3.41. The number of nitrogens with zero attached hydrogens (tertiary/aromatic N) is 3. The first-order valence-corrected chi connectivity index (χ1v) is 14.2. The second-order valence-corrected chi connectivity index (χ2v) is 10.8. The van der Waals surface area contributed by atoms with Crippen molar-refractivity contribution >= 4 is 38.9 Å². The zero-order chi connectivity index (χ0) is 28.0. The van der Waals surface area contributed by atoms with E-state index in [-0.39, 0.29) is 12.4 Å². The van der Waals surface area contributed by atoms with Gasteiger partial charge in [0.15, 0.2) is 18.1 Å². The number of nitrogens with one attached hydrogen (secondary N) is 1. The van der Waals surface area contributed by atoms with E-state index in [0.717, 1.165) is 56.1 Å². The van der Waals surface area contributed by atoms with Gasteiger partial charge in [0.1, 0.15) is 11.7 Å². The van der Waals surface area contributed by atoms with Gasteiger partial charge in [-0.3, -0.25) is 0 Å². The summed E-state index contributed by atoms with van der Waals surface area (Å²) < 4.78 is 6.55. The third-order valence-corrected chi connectivity index (χ3v) is 8.13. The molecule has 0 spiro atoms. The lowest BCUT2D eigenvalue weighted by Gasteiger charge is -2.23. The summed E-state index contributed by atoms with van der Waals surface area (Å²) in [6.45, 7) is 0. The van der Waals surface area contributed by atoms with Crippen molar-refractivity contribution in [3.63, 3.8) is 0 Å². The molecule has 2 aliphatic heterocycles. The normalized spacial score (nSPS) is 17.8. The molecule has 1 N–H and O–H groups in total. The van der Waals surface area contributed by atoms with Crippen molar-refractivity contribution in [1.29, 1.82) is 0 Å². The number of anilines is 1. The Morgan fingerprint density at radius 2 is 1.19 bits per heavy atom. The summed E-state index contributed by atoms with van der Waals surface area (Å²) in [4.78, 5) is 12.3. The van der Waals surface area contributed by atoms with Crippen LogP contribution in [0.1, 0.15) is 34.6 Å². The van der Waals surface area contributed by atoms with E-state index in [1.165, 1.54) is 10.8 Å². The van der Waals surface area contributed by atoms with Gasteiger partial charge in [0.05, 0.1) is 5.69 Å². The highest BCUT2D eigenvalue weighted by atomic mass is 16.5. The van der Waals surface area contributed by atoms with Gasteiger partial charge in [0.2, 0.25) is 0 Å². The maximum Gasteiger partial charge on any atom is 0.198 e. The summed E-state index contributed by atoms with van der Waals surface area (Å²) >= 11 is 0. The van der Waals surface area contributed by atoms with Gasteiger partial charge in [0, 0.05) is 29.1 Å². The van der Waals surface area contributed by atoms with Gasteiger partial charge in [0.25, 0.3) is 0 Å². The minimum absolute atomic E-state index is 0.150. The Labute approximate surface area is 244 Å². The Balaban J connectivity index is 1.18. The van der Waals surface area contributed by atoms with Crippen LogP contribution in [0, 0.1) is 0 Å². The number of rotatable bonds is 4. The molecule has 0 radical (unpaired) electrons. The molecule has 5 heteroatoms. The molecule has 8 rings (SSSR count). The van der Waals surface area contributed by atoms with Crippen molar-refractivity contribution in [2.24, 2.45) is 9.98 Å². The third kappa shape index (κ3) is 4.18. The van der Waals surface area contributed by atoms with Gasteiger partial charge in [-0.15, -0.1) is 0 Å². The van der Waals surface area contributed by atoms with E-state index >= 15 is 0 Å². The molecule has 0 fully saturated rings. The lowest BCUT2D eigenvalue weighted by atomic mass is 10.0. The maximum absolute atomic E-state index is 6.55. The van der Waals surface area contributed by atoms with Crippen LogP contribution < -0.4 is 15.0 Å². The minimum atomic E-state index is -0.344. The fourth-order valence-corrected chi connectivity index (χ4v) is 5.92. The van der Waals surface area contributed by atoms with Crippen LogP contribution >= 0.6 is 0 Å². The van der Waals surface area contributed by atoms with Crippen molar-refractivity contribution in [2.75, 3.05) is 11.9 Å². The van der Waals surface area contributed by atoms with E-state index < -0.39 is 0 Å². The van der Waals surface area contributed by atoms with Gasteiger partial charge < -0.3 is 15.0 Å². The molecule has 0 bridgehead atoms. The van der Waals surface area contributed by atoms with Crippen LogP contribution in [0.15, 0.2) is 143 Å². The third-order valence-electron chi connectivity index (χ3n) is 8.13. The van der Waals surface area contributed by atoms with Gasteiger partial charge in [-0.2, -0.15) is 0 Å². The minimum Gasteiger partial charge on any atom is -0.463 e. The summed E-state index contributed by atoms with van der Waals surface area (Å²) in [5.41, 5.74) is 5.31. The van der Waals surface area contributed by atoms with E-state index in [4.69, 9.17) is 14.7 Å². The molecule has 2 aliphatic rings. The largest absolute Gasteiger partial charge is 0.463 e. The van der Waals surface area contributed by atoms with Crippen LogP contribution in [0.3, 0.4) is 0 Å². The highest BCUT2D eigenvalue weighted by molar-refractivity contribution is 6.17. The Hall–Kier alpha value is -5.42. The molecule has 2 unspecified atom stereocenters. The number of benzene rings is 6. The van der Waals surface area contributed by atoms with Gasteiger partial charge in [-0.05, 0) is 46.0 Å². The number of fused-ring (bicyclic) bond motifs is 4. The van der Waals surface area contributed by atoms with Crippen molar-refractivity contribution in [2.45, 2.75) is 12.4 Å². The summed E-state index contributed by atoms with van der Waals surface area (Å²) in [5, 5.41) is 8.13. The zero-order valence-corrected chi connectivity index (χ0v) is 23.1.